The molecule has 0 aliphatic carbocycles. The Balaban J connectivity index is 2.18. The summed E-state index contributed by atoms with van der Waals surface area (Å²) in [5, 5.41) is 21.3. The molecule has 4 N–H and O–H groups in total. The fourth-order valence-corrected chi connectivity index (χ4v) is 4.08. The van der Waals surface area contributed by atoms with Crippen LogP contribution in [0.3, 0.4) is 0 Å². The number of fused-ring (bicyclic) bond motifs is 1. The van der Waals surface area contributed by atoms with Crippen molar-refractivity contribution in [3.63, 3.8) is 0 Å². The molecular weight excluding hydrogens is 441 g/mol. The van der Waals surface area contributed by atoms with Crippen molar-refractivity contribution in [2.45, 2.75) is 12.5 Å². The number of rotatable bonds is 4. The molecule has 0 bridgehead atoms. The molecule has 0 aliphatic rings. The van der Waals surface area contributed by atoms with Gasteiger partial charge in [0.05, 0.1) is 20.9 Å². The smallest absolute Gasteiger partial charge is 0.305 e. The minimum Gasteiger partial charge on any atom is -0.507 e. The van der Waals surface area contributed by atoms with Crippen molar-refractivity contribution in [2.75, 3.05) is 0 Å². The molecule has 3 rings (SSSR count). The number of benzene rings is 3. The summed E-state index contributed by atoms with van der Waals surface area (Å²) in [6, 6.07) is 11.6. The molecule has 1 atom stereocenters. The van der Waals surface area contributed by atoms with E-state index >= 15 is 0 Å². The summed E-state index contributed by atoms with van der Waals surface area (Å²) < 4.78 is 0.587. The monoisotopic (exact) mass is 453 g/mol. The zero-order chi connectivity index (χ0) is 19.0. The number of hydrogen-bond acceptors (Lipinski definition) is 3. The molecule has 26 heavy (non-hydrogen) atoms. The van der Waals surface area contributed by atoms with E-state index in [9.17, 15) is 9.90 Å². The molecule has 7 heteroatoms. The van der Waals surface area contributed by atoms with Gasteiger partial charge in [-0.2, -0.15) is 0 Å². The van der Waals surface area contributed by atoms with Crippen LogP contribution < -0.4 is 5.73 Å². The standard InChI is InChI=1S/C19H14BrCl2NO3/c20-19-12-3-1-2-11(10(12)4-5-16(19)24)18-13(21)6-9(7-14(18)22)15(23)8-17(25)26/h1-7,15,24H,8,23H2,(H,25,26). The van der Waals surface area contributed by atoms with E-state index in [1.54, 1.807) is 24.3 Å². The number of aromatic hydroxyl groups is 1. The Hall–Kier alpha value is -1.79. The van der Waals surface area contributed by atoms with E-state index in [1.807, 2.05) is 18.2 Å². The minimum absolute atomic E-state index is 0.141. The van der Waals surface area contributed by atoms with Crippen LogP contribution in [-0.4, -0.2) is 16.2 Å². The van der Waals surface area contributed by atoms with Gasteiger partial charge in [0.15, 0.2) is 0 Å². The molecule has 0 heterocycles. The SMILES string of the molecule is NC(CC(=O)O)c1cc(Cl)c(-c2cccc3c(Br)c(O)ccc23)c(Cl)c1. The van der Waals surface area contributed by atoms with E-state index in [0.29, 0.717) is 25.6 Å². The summed E-state index contributed by atoms with van der Waals surface area (Å²) in [7, 11) is 0. The molecule has 0 aromatic heterocycles. The van der Waals surface area contributed by atoms with Crippen LogP contribution >= 0.6 is 39.1 Å². The van der Waals surface area contributed by atoms with Crippen molar-refractivity contribution in [2.24, 2.45) is 5.73 Å². The molecule has 0 saturated heterocycles. The number of phenolic OH excluding ortho intramolecular Hbond substituents is 1. The molecule has 3 aromatic rings. The molecule has 1 unspecified atom stereocenters. The second-order valence-electron chi connectivity index (χ2n) is 5.86. The Bertz CT molecular complexity index is 1000. The van der Waals surface area contributed by atoms with Gasteiger partial charge in [0.25, 0.3) is 0 Å². The molecule has 0 aliphatic heterocycles. The second kappa shape index (κ2) is 7.45. The summed E-state index contributed by atoms with van der Waals surface area (Å²) in [5.74, 6) is -0.852. The Morgan fingerprint density at radius 2 is 1.77 bits per heavy atom. The minimum atomic E-state index is -0.993. The van der Waals surface area contributed by atoms with Crippen LogP contribution in [0.25, 0.3) is 21.9 Å². The first-order chi connectivity index (χ1) is 12.3. The van der Waals surface area contributed by atoms with Crippen LogP contribution in [-0.2, 0) is 4.79 Å². The molecule has 4 nitrogen and oxygen atoms in total. The first-order valence-electron chi connectivity index (χ1n) is 7.66. The highest BCUT2D eigenvalue weighted by Gasteiger charge is 2.18. The molecule has 0 amide bonds. The largest absolute Gasteiger partial charge is 0.507 e. The zero-order valence-electron chi connectivity index (χ0n) is 13.3. The quantitative estimate of drug-likeness (QED) is 0.468. The Labute approximate surface area is 168 Å². The third-order valence-corrected chi connectivity index (χ3v) is 5.56. The van der Waals surface area contributed by atoms with Gasteiger partial charge in [0.2, 0.25) is 0 Å². The average molecular weight is 455 g/mol. The summed E-state index contributed by atoms with van der Waals surface area (Å²) >= 11 is 16.3. The predicted molar refractivity (Wildman–Crippen MR) is 108 cm³/mol. The van der Waals surface area contributed by atoms with Gasteiger partial charge in [-0.1, -0.05) is 41.4 Å². The summed E-state index contributed by atoms with van der Waals surface area (Å²) in [5.41, 5.74) is 7.91. The van der Waals surface area contributed by atoms with Crippen molar-refractivity contribution in [3.05, 3.63) is 62.5 Å². The second-order valence-corrected chi connectivity index (χ2v) is 7.47. The topological polar surface area (TPSA) is 83.6 Å². The van der Waals surface area contributed by atoms with Crippen LogP contribution in [0.4, 0.5) is 0 Å². The lowest BCUT2D eigenvalue weighted by Crippen LogP contribution is -2.15. The molecule has 134 valence electrons. The van der Waals surface area contributed by atoms with E-state index < -0.39 is 12.0 Å². The van der Waals surface area contributed by atoms with Gasteiger partial charge in [-0.05, 0) is 56.7 Å². The van der Waals surface area contributed by atoms with Crippen LogP contribution in [0, 0.1) is 0 Å². The highest BCUT2D eigenvalue weighted by atomic mass is 79.9. The van der Waals surface area contributed by atoms with Crippen molar-refractivity contribution in [1.29, 1.82) is 0 Å². The highest BCUT2D eigenvalue weighted by Crippen LogP contribution is 2.43. The van der Waals surface area contributed by atoms with Gasteiger partial charge in [-0.25, -0.2) is 0 Å². The third kappa shape index (κ3) is 3.53. The molecule has 0 saturated carbocycles. The van der Waals surface area contributed by atoms with Gasteiger partial charge >= 0.3 is 5.97 Å². The number of nitrogens with two attached hydrogens (primary N) is 1. The molecule has 0 fully saturated rings. The maximum atomic E-state index is 10.9. The molecule has 0 radical (unpaired) electrons. The zero-order valence-corrected chi connectivity index (χ0v) is 16.4. The maximum absolute atomic E-state index is 10.9. The normalized spacial score (nSPS) is 12.3. The van der Waals surface area contributed by atoms with Crippen LogP contribution in [0.2, 0.25) is 10.0 Å². The van der Waals surface area contributed by atoms with Crippen molar-refractivity contribution >= 4 is 55.9 Å². The van der Waals surface area contributed by atoms with Crippen molar-refractivity contribution in [3.8, 4) is 16.9 Å². The first-order valence-corrected chi connectivity index (χ1v) is 9.21. The average Bonchev–Trinajstić information content (AvgIpc) is 2.57. The van der Waals surface area contributed by atoms with E-state index in [2.05, 4.69) is 15.9 Å². The fraction of sp³-hybridized carbons (Fsp3) is 0.105. The molecule has 3 aromatic carbocycles. The maximum Gasteiger partial charge on any atom is 0.305 e. The van der Waals surface area contributed by atoms with E-state index in [1.165, 1.54) is 0 Å². The summed E-state index contributed by atoms with van der Waals surface area (Å²) in [4.78, 5) is 10.9. The molecular formula is C19H14BrCl2NO3. The van der Waals surface area contributed by atoms with Crippen LogP contribution in [0.5, 0.6) is 5.75 Å². The fourth-order valence-electron chi connectivity index (χ4n) is 2.90. The Kier molecular flexibility index (Phi) is 5.44. The lowest BCUT2D eigenvalue weighted by molar-refractivity contribution is -0.137. The van der Waals surface area contributed by atoms with Gasteiger partial charge in [0, 0.05) is 17.0 Å². The molecule has 0 spiro atoms. The number of carboxylic acid groups (broad SMARTS) is 1. The Morgan fingerprint density at radius 1 is 1.12 bits per heavy atom. The lowest BCUT2D eigenvalue weighted by atomic mass is 9.95. The number of carbonyl (C=O) groups is 1. The van der Waals surface area contributed by atoms with Gasteiger partial charge in [0.1, 0.15) is 5.75 Å². The number of carboxylic acids is 1. The Morgan fingerprint density at radius 3 is 2.38 bits per heavy atom. The van der Waals surface area contributed by atoms with Crippen LogP contribution in [0.1, 0.15) is 18.0 Å². The summed E-state index contributed by atoms with van der Waals surface area (Å²) in [6.07, 6.45) is -0.216. The first kappa shape index (κ1) is 19.0. The lowest BCUT2D eigenvalue weighted by Gasteiger charge is -2.16. The van der Waals surface area contributed by atoms with Crippen molar-refractivity contribution in [1.82, 2.24) is 0 Å². The highest BCUT2D eigenvalue weighted by molar-refractivity contribution is 9.10. The van der Waals surface area contributed by atoms with Crippen molar-refractivity contribution < 1.29 is 15.0 Å². The number of halogens is 3. The van der Waals surface area contributed by atoms with E-state index in [-0.39, 0.29) is 12.2 Å². The van der Waals surface area contributed by atoms with Crippen LogP contribution in [0.15, 0.2) is 46.9 Å². The summed E-state index contributed by atoms with van der Waals surface area (Å²) in [6.45, 7) is 0. The number of aliphatic carboxylic acids is 1. The van der Waals surface area contributed by atoms with E-state index in [0.717, 1.165) is 16.3 Å². The van der Waals surface area contributed by atoms with Gasteiger partial charge in [-0.15, -0.1) is 0 Å². The number of phenols is 1. The van der Waals surface area contributed by atoms with Gasteiger partial charge < -0.3 is 15.9 Å². The van der Waals surface area contributed by atoms with Gasteiger partial charge in [-0.3, -0.25) is 4.79 Å². The van der Waals surface area contributed by atoms with E-state index in [4.69, 9.17) is 34.0 Å². The number of hydrogen-bond donors (Lipinski definition) is 3. The predicted octanol–water partition coefficient (Wildman–Crippen LogP) is 5.76. The third-order valence-electron chi connectivity index (χ3n) is 4.13.